The molecule has 2 amide bonds. The second-order valence-electron chi connectivity index (χ2n) is 8.61. The van der Waals surface area contributed by atoms with Crippen LogP contribution in [0, 0.1) is 5.92 Å². The van der Waals surface area contributed by atoms with Gasteiger partial charge in [-0.3, -0.25) is 14.4 Å². The van der Waals surface area contributed by atoms with E-state index in [1.807, 2.05) is 59.5 Å². The summed E-state index contributed by atoms with van der Waals surface area (Å²) in [5.74, 6) is 0.547. The van der Waals surface area contributed by atoms with Gasteiger partial charge in [-0.1, -0.05) is 36.4 Å². The first-order chi connectivity index (χ1) is 16.1. The molecule has 33 heavy (non-hydrogen) atoms. The summed E-state index contributed by atoms with van der Waals surface area (Å²) in [4.78, 5) is 40.3. The molecule has 1 N–H and O–H groups in total. The largest absolute Gasteiger partial charge is 0.484 e. The predicted octanol–water partition coefficient (Wildman–Crippen LogP) is 3.13. The maximum Gasteiger partial charge on any atom is 0.274 e. The number of carbonyl (C=O) groups excluding carboxylic acids is 2. The number of ether oxygens (including phenoxy) is 1. The molecule has 0 unspecified atom stereocenters. The van der Waals surface area contributed by atoms with E-state index in [-0.39, 0.29) is 41.5 Å². The third-order valence-electron chi connectivity index (χ3n) is 6.30. The van der Waals surface area contributed by atoms with Crippen molar-refractivity contribution in [3.8, 4) is 5.75 Å². The molecule has 1 saturated heterocycles. The number of likely N-dealkylation sites (tertiary alicyclic amines) is 1. The number of piperidine rings is 1. The zero-order valence-corrected chi connectivity index (χ0v) is 18.1. The second kappa shape index (κ2) is 8.94. The van der Waals surface area contributed by atoms with Crippen LogP contribution in [0.5, 0.6) is 5.75 Å². The van der Waals surface area contributed by atoms with Gasteiger partial charge in [-0.2, -0.15) is 0 Å². The number of nitrogens with zero attached hydrogens (tertiary/aromatic N) is 2. The third kappa shape index (κ3) is 4.39. The first-order valence-corrected chi connectivity index (χ1v) is 11.1. The van der Waals surface area contributed by atoms with Crippen LogP contribution in [0.2, 0.25) is 0 Å². The van der Waals surface area contributed by atoms with Crippen LogP contribution in [0.15, 0.2) is 77.6 Å². The molecule has 7 nitrogen and oxygen atoms in total. The van der Waals surface area contributed by atoms with E-state index in [4.69, 9.17) is 4.74 Å². The Kier molecular flexibility index (Phi) is 5.69. The summed E-state index contributed by atoms with van der Waals surface area (Å²) < 4.78 is 7.23. The van der Waals surface area contributed by atoms with E-state index in [1.54, 1.807) is 22.8 Å². The minimum absolute atomic E-state index is 0.0309. The fraction of sp³-hybridized carbons (Fsp3) is 0.269. The molecule has 2 aromatic carbocycles. The Labute approximate surface area is 191 Å². The van der Waals surface area contributed by atoms with Gasteiger partial charge in [0.25, 0.3) is 17.4 Å². The molecule has 5 rings (SSSR count). The number of pyridine rings is 1. The Balaban J connectivity index is 1.29. The van der Waals surface area contributed by atoms with E-state index < -0.39 is 0 Å². The highest BCUT2D eigenvalue weighted by molar-refractivity contribution is 5.94. The Morgan fingerprint density at radius 2 is 1.64 bits per heavy atom. The lowest BCUT2D eigenvalue weighted by Gasteiger charge is -2.43. The van der Waals surface area contributed by atoms with Crippen molar-refractivity contribution >= 4 is 17.5 Å². The first-order valence-electron chi connectivity index (χ1n) is 11.1. The standard InChI is InChI=1S/C26H25N3O4/c30-24(17-33-21-9-5-2-6-10-21)27-22-11-12-23-20-13-18(15-29(23)26(22)32)14-28(16-20)25(31)19-7-3-1-4-8-19/h1-12,18,20H,13-17H2,(H,27,30)/t18-,20-/m1/s1. The molecule has 0 spiro atoms. The Bertz CT molecular complexity index is 1220. The van der Waals surface area contributed by atoms with Gasteiger partial charge in [-0.15, -0.1) is 0 Å². The first kappa shape index (κ1) is 21.0. The van der Waals surface area contributed by atoms with Gasteiger partial charge < -0.3 is 19.5 Å². The van der Waals surface area contributed by atoms with Crippen LogP contribution >= 0.6 is 0 Å². The van der Waals surface area contributed by atoms with Crippen LogP contribution in [0.25, 0.3) is 0 Å². The smallest absolute Gasteiger partial charge is 0.274 e. The number of rotatable bonds is 5. The van der Waals surface area contributed by atoms with Gasteiger partial charge in [0.15, 0.2) is 6.61 Å². The minimum atomic E-state index is -0.382. The van der Waals surface area contributed by atoms with Crippen molar-refractivity contribution in [2.45, 2.75) is 18.9 Å². The van der Waals surface area contributed by atoms with Crippen LogP contribution in [0.4, 0.5) is 5.69 Å². The number of fused-ring (bicyclic) bond motifs is 4. The van der Waals surface area contributed by atoms with Crippen molar-refractivity contribution in [2.75, 3.05) is 25.0 Å². The van der Waals surface area contributed by atoms with Crippen LogP contribution in [0.1, 0.15) is 28.4 Å². The molecule has 2 aliphatic heterocycles. The minimum Gasteiger partial charge on any atom is -0.484 e. The molecule has 2 bridgehead atoms. The van der Waals surface area contributed by atoms with E-state index >= 15 is 0 Å². The van der Waals surface area contributed by atoms with Crippen molar-refractivity contribution in [2.24, 2.45) is 5.92 Å². The Morgan fingerprint density at radius 1 is 0.909 bits per heavy atom. The molecule has 1 fully saturated rings. The van der Waals surface area contributed by atoms with Gasteiger partial charge >= 0.3 is 0 Å². The summed E-state index contributed by atoms with van der Waals surface area (Å²) in [6.45, 7) is 1.57. The maximum absolute atomic E-state index is 13.1. The summed E-state index contributed by atoms with van der Waals surface area (Å²) in [6.07, 6.45) is 0.953. The topological polar surface area (TPSA) is 80.6 Å². The number of para-hydroxylation sites is 1. The summed E-state index contributed by atoms with van der Waals surface area (Å²) >= 11 is 0. The Hall–Kier alpha value is -3.87. The molecule has 0 radical (unpaired) electrons. The normalized spacial score (nSPS) is 18.8. The molecule has 7 heteroatoms. The van der Waals surface area contributed by atoms with E-state index in [1.165, 1.54) is 0 Å². The van der Waals surface area contributed by atoms with Crippen LogP contribution < -0.4 is 15.6 Å². The number of anilines is 1. The number of carbonyl (C=O) groups is 2. The number of benzene rings is 2. The average molecular weight is 444 g/mol. The summed E-state index contributed by atoms with van der Waals surface area (Å²) in [6, 6.07) is 21.9. The summed E-state index contributed by atoms with van der Waals surface area (Å²) in [5.41, 5.74) is 1.64. The van der Waals surface area contributed by atoms with Crippen LogP contribution in [-0.4, -0.2) is 41.0 Å². The van der Waals surface area contributed by atoms with Gasteiger partial charge in [0, 0.05) is 36.8 Å². The summed E-state index contributed by atoms with van der Waals surface area (Å²) in [5, 5.41) is 2.68. The zero-order valence-electron chi connectivity index (χ0n) is 18.1. The third-order valence-corrected chi connectivity index (χ3v) is 6.30. The van der Waals surface area contributed by atoms with Crippen molar-refractivity contribution in [3.05, 3.63) is 94.4 Å². The second-order valence-corrected chi connectivity index (χ2v) is 8.61. The van der Waals surface area contributed by atoms with Crippen LogP contribution in [0.3, 0.4) is 0 Å². The van der Waals surface area contributed by atoms with Crippen molar-refractivity contribution in [1.29, 1.82) is 0 Å². The monoisotopic (exact) mass is 443 g/mol. The molecule has 0 aliphatic carbocycles. The van der Waals surface area contributed by atoms with Crippen molar-refractivity contribution in [1.82, 2.24) is 9.47 Å². The average Bonchev–Trinajstić information content (AvgIpc) is 2.85. The molecular weight excluding hydrogens is 418 g/mol. The maximum atomic E-state index is 13.1. The number of nitrogens with one attached hydrogen (secondary N) is 1. The van der Waals surface area contributed by atoms with Crippen molar-refractivity contribution in [3.63, 3.8) is 0 Å². The predicted molar refractivity (Wildman–Crippen MR) is 124 cm³/mol. The molecule has 168 valence electrons. The number of amides is 2. The van der Waals surface area contributed by atoms with Gasteiger partial charge in [0.2, 0.25) is 0 Å². The van der Waals surface area contributed by atoms with E-state index in [0.717, 1.165) is 12.1 Å². The van der Waals surface area contributed by atoms with Gasteiger partial charge in [0.1, 0.15) is 11.4 Å². The van der Waals surface area contributed by atoms with Crippen molar-refractivity contribution < 1.29 is 14.3 Å². The highest BCUT2D eigenvalue weighted by Gasteiger charge is 2.37. The number of hydrogen-bond acceptors (Lipinski definition) is 4. The molecular formula is C26H25N3O4. The van der Waals surface area contributed by atoms with E-state index in [2.05, 4.69) is 5.32 Å². The number of hydrogen-bond donors (Lipinski definition) is 1. The van der Waals surface area contributed by atoms with Gasteiger partial charge in [-0.05, 0) is 48.7 Å². The van der Waals surface area contributed by atoms with E-state index in [9.17, 15) is 14.4 Å². The number of aromatic nitrogens is 1. The van der Waals surface area contributed by atoms with Gasteiger partial charge in [-0.25, -0.2) is 0 Å². The molecule has 2 atom stereocenters. The fourth-order valence-electron chi connectivity index (χ4n) is 4.82. The van der Waals surface area contributed by atoms with Crippen LogP contribution in [-0.2, 0) is 11.3 Å². The molecule has 3 aromatic rings. The fourth-order valence-corrected chi connectivity index (χ4v) is 4.82. The molecule has 2 aliphatic rings. The molecule has 1 aromatic heterocycles. The molecule has 0 saturated carbocycles. The lowest BCUT2D eigenvalue weighted by atomic mass is 9.83. The van der Waals surface area contributed by atoms with Gasteiger partial charge in [0.05, 0.1) is 0 Å². The quantitative estimate of drug-likeness (QED) is 0.657. The highest BCUT2D eigenvalue weighted by Crippen LogP contribution is 2.36. The lowest BCUT2D eigenvalue weighted by Crippen LogP contribution is -2.49. The van der Waals surface area contributed by atoms with E-state index in [0.29, 0.717) is 30.9 Å². The lowest BCUT2D eigenvalue weighted by molar-refractivity contribution is -0.118. The zero-order chi connectivity index (χ0) is 22.8. The molecule has 3 heterocycles. The highest BCUT2D eigenvalue weighted by atomic mass is 16.5. The Morgan fingerprint density at radius 3 is 2.39 bits per heavy atom. The summed E-state index contributed by atoms with van der Waals surface area (Å²) in [7, 11) is 0. The SMILES string of the molecule is O=C(COc1ccccc1)Nc1ccc2n(c1=O)C[C@@H]1C[C@@H]2CN(C(=O)c2ccccc2)C1.